The quantitative estimate of drug-likeness (QED) is 0.595. The van der Waals surface area contributed by atoms with E-state index in [4.69, 9.17) is 0 Å². The number of aromatic amines is 1. The monoisotopic (exact) mass is 283 g/mol. The molecule has 1 heterocycles. The van der Waals surface area contributed by atoms with Crippen LogP contribution in [0.3, 0.4) is 0 Å². The number of nitro groups is 1. The van der Waals surface area contributed by atoms with Crippen molar-refractivity contribution in [1.82, 2.24) is 19.9 Å². The summed E-state index contributed by atoms with van der Waals surface area (Å²) in [5.74, 6) is 0.366. The van der Waals surface area contributed by atoms with Gasteiger partial charge in [-0.05, 0) is 12.1 Å². The highest BCUT2D eigenvalue weighted by atomic mass is 32.2. The van der Waals surface area contributed by atoms with Crippen molar-refractivity contribution in [3.63, 3.8) is 0 Å². The zero-order valence-corrected chi connectivity index (χ0v) is 10.3. The molecule has 19 heavy (non-hydrogen) atoms. The summed E-state index contributed by atoms with van der Waals surface area (Å²) in [5.41, 5.74) is -0.172. The largest absolute Gasteiger partial charge is 0.269 e. The molecule has 0 fully saturated rings. The van der Waals surface area contributed by atoms with Crippen molar-refractivity contribution in [2.75, 3.05) is 0 Å². The van der Waals surface area contributed by atoms with Crippen LogP contribution in [-0.2, 0) is 16.6 Å². The Morgan fingerprint density at radius 1 is 1.32 bits per heavy atom. The van der Waals surface area contributed by atoms with E-state index >= 15 is 0 Å². The number of nitrogens with zero attached hydrogens (tertiary/aromatic N) is 3. The number of hydrogen-bond acceptors (Lipinski definition) is 6. The lowest BCUT2D eigenvalue weighted by Gasteiger charge is -2.04. The highest BCUT2D eigenvalue weighted by Gasteiger charge is 2.15. The molecule has 1 aromatic heterocycles. The van der Waals surface area contributed by atoms with Crippen LogP contribution in [0.25, 0.3) is 0 Å². The Hall–Kier alpha value is -2.33. The van der Waals surface area contributed by atoms with Crippen molar-refractivity contribution in [2.24, 2.45) is 0 Å². The molecule has 2 rings (SSSR count). The molecule has 9 nitrogen and oxygen atoms in total. The summed E-state index contributed by atoms with van der Waals surface area (Å²) in [5, 5.41) is 16.6. The van der Waals surface area contributed by atoms with Crippen LogP contribution in [0, 0.1) is 10.1 Å². The lowest BCUT2D eigenvalue weighted by molar-refractivity contribution is -0.384. The first-order chi connectivity index (χ1) is 8.99. The third-order valence-corrected chi connectivity index (χ3v) is 3.67. The summed E-state index contributed by atoms with van der Waals surface area (Å²) in [7, 11) is -3.74. The topological polar surface area (TPSA) is 131 Å². The second-order valence-corrected chi connectivity index (χ2v) is 5.27. The standard InChI is InChI=1S/C9H9N5O4S/c15-14(16)7-1-3-8(4-2-7)19(17,18)12-5-9-10-6-11-13-9/h1-4,6,12H,5H2,(H,10,11,13). The predicted octanol–water partition coefficient (Wildman–Crippen LogP) is 0.191. The van der Waals surface area contributed by atoms with E-state index in [0.717, 1.165) is 12.1 Å². The van der Waals surface area contributed by atoms with Gasteiger partial charge in [0, 0.05) is 12.1 Å². The maximum Gasteiger partial charge on any atom is 0.269 e. The molecule has 0 aliphatic carbocycles. The van der Waals surface area contributed by atoms with Crippen molar-refractivity contribution in [3.05, 3.63) is 46.5 Å². The van der Waals surface area contributed by atoms with Crippen LogP contribution in [0.15, 0.2) is 35.5 Å². The SMILES string of the molecule is O=[N+]([O-])c1ccc(S(=O)(=O)NCc2ncn[nH]2)cc1. The van der Waals surface area contributed by atoms with Gasteiger partial charge in [-0.1, -0.05) is 0 Å². The molecular weight excluding hydrogens is 274 g/mol. The van der Waals surface area contributed by atoms with Crippen molar-refractivity contribution in [3.8, 4) is 0 Å². The zero-order chi connectivity index (χ0) is 13.9. The van der Waals surface area contributed by atoms with Gasteiger partial charge in [-0.25, -0.2) is 18.1 Å². The van der Waals surface area contributed by atoms with E-state index in [9.17, 15) is 18.5 Å². The average molecular weight is 283 g/mol. The molecule has 0 unspecified atom stereocenters. The Bertz CT molecular complexity index is 665. The fourth-order valence-corrected chi connectivity index (χ4v) is 2.30. The average Bonchev–Trinajstić information content (AvgIpc) is 2.90. The van der Waals surface area contributed by atoms with Crippen LogP contribution < -0.4 is 4.72 Å². The number of nitrogens with one attached hydrogen (secondary N) is 2. The second-order valence-electron chi connectivity index (χ2n) is 3.51. The summed E-state index contributed by atoms with van der Waals surface area (Å²) < 4.78 is 26.0. The van der Waals surface area contributed by atoms with E-state index in [1.807, 2.05) is 0 Å². The third kappa shape index (κ3) is 3.11. The number of non-ortho nitro benzene ring substituents is 1. The highest BCUT2D eigenvalue weighted by Crippen LogP contribution is 2.15. The van der Waals surface area contributed by atoms with Gasteiger partial charge in [0.2, 0.25) is 10.0 Å². The van der Waals surface area contributed by atoms with Crippen LogP contribution >= 0.6 is 0 Å². The Morgan fingerprint density at radius 3 is 2.53 bits per heavy atom. The van der Waals surface area contributed by atoms with Gasteiger partial charge in [0.25, 0.3) is 5.69 Å². The fraction of sp³-hybridized carbons (Fsp3) is 0.111. The molecule has 2 N–H and O–H groups in total. The van der Waals surface area contributed by atoms with Crippen LogP contribution in [0.2, 0.25) is 0 Å². The zero-order valence-electron chi connectivity index (χ0n) is 9.48. The molecule has 0 saturated heterocycles. The summed E-state index contributed by atoms with van der Waals surface area (Å²) in [6, 6.07) is 4.59. The van der Waals surface area contributed by atoms with Crippen molar-refractivity contribution in [2.45, 2.75) is 11.4 Å². The maximum absolute atomic E-state index is 11.9. The minimum Gasteiger partial charge on any atom is -0.262 e. The van der Waals surface area contributed by atoms with Gasteiger partial charge in [-0.15, -0.1) is 0 Å². The Morgan fingerprint density at radius 2 is 2.00 bits per heavy atom. The van der Waals surface area contributed by atoms with Gasteiger partial charge in [-0.3, -0.25) is 15.2 Å². The third-order valence-electron chi connectivity index (χ3n) is 2.25. The van der Waals surface area contributed by atoms with E-state index in [1.54, 1.807) is 0 Å². The van der Waals surface area contributed by atoms with E-state index < -0.39 is 14.9 Å². The van der Waals surface area contributed by atoms with Crippen LogP contribution in [0.4, 0.5) is 5.69 Å². The number of H-pyrrole nitrogens is 1. The van der Waals surface area contributed by atoms with Gasteiger partial charge in [0.15, 0.2) is 0 Å². The van der Waals surface area contributed by atoms with E-state index in [-0.39, 0.29) is 17.1 Å². The van der Waals surface area contributed by atoms with E-state index in [2.05, 4.69) is 19.9 Å². The van der Waals surface area contributed by atoms with E-state index in [1.165, 1.54) is 18.5 Å². The number of sulfonamides is 1. The summed E-state index contributed by atoms with van der Waals surface area (Å²) in [6.45, 7) is -0.0423. The molecule has 10 heteroatoms. The summed E-state index contributed by atoms with van der Waals surface area (Å²) >= 11 is 0. The summed E-state index contributed by atoms with van der Waals surface area (Å²) in [4.78, 5) is 13.6. The van der Waals surface area contributed by atoms with Gasteiger partial charge < -0.3 is 0 Å². The molecule has 100 valence electrons. The van der Waals surface area contributed by atoms with Crippen molar-refractivity contribution in [1.29, 1.82) is 0 Å². The first-order valence-electron chi connectivity index (χ1n) is 5.07. The molecule has 0 atom stereocenters. The van der Waals surface area contributed by atoms with Crippen molar-refractivity contribution < 1.29 is 13.3 Å². The first kappa shape index (κ1) is 13.1. The Labute approximate surface area is 107 Å². The minimum absolute atomic E-state index is 0.0423. The minimum atomic E-state index is -3.74. The Balaban J connectivity index is 2.13. The van der Waals surface area contributed by atoms with Gasteiger partial charge in [0.05, 0.1) is 16.4 Å². The smallest absolute Gasteiger partial charge is 0.262 e. The second kappa shape index (κ2) is 5.12. The molecule has 2 aromatic rings. The number of rotatable bonds is 5. The van der Waals surface area contributed by atoms with Gasteiger partial charge >= 0.3 is 0 Å². The molecular formula is C9H9N5O4S. The number of benzene rings is 1. The van der Waals surface area contributed by atoms with Crippen molar-refractivity contribution >= 4 is 15.7 Å². The number of aromatic nitrogens is 3. The molecule has 1 aromatic carbocycles. The Kier molecular flexibility index (Phi) is 3.53. The van der Waals surface area contributed by atoms with Gasteiger partial charge in [0.1, 0.15) is 12.2 Å². The predicted molar refractivity (Wildman–Crippen MR) is 63.5 cm³/mol. The molecule has 0 aliphatic heterocycles. The van der Waals surface area contributed by atoms with E-state index in [0.29, 0.717) is 5.82 Å². The van der Waals surface area contributed by atoms with Crippen LogP contribution in [-0.4, -0.2) is 28.5 Å². The summed E-state index contributed by atoms with van der Waals surface area (Å²) in [6.07, 6.45) is 1.26. The van der Waals surface area contributed by atoms with Crippen LogP contribution in [0.1, 0.15) is 5.82 Å². The first-order valence-corrected chi connectivity index (χ1v) is 6.56. The molecule has 0 radical (unpaired) electrons. The normalized spacial score (nSPS) is 11.4. The lowest BCUT2D eigenvalue weighted by Crippen LogP contribution is -2.23. The maximum atomic E-state index is 11.9. The molecule has 0 bridgehead atoms. The molecule has 0 amide bonds. The fourth-order valence-electron chi connectivity index (χ4n) is 1.31. The highest BCUT2D eigenvalue weighted by molar-refractivity contribution is 7.89. The molecule has 0 aliphatic rings. The molecule has 0 spiro atoms. The number of hydrogen-bond donors (Lipinski definition) is 2. The van der Waals surface area contributed by atoms with Crippen LogP contribution in [0.5, 0.6) is 0 Å². The number of nitro benzene ring substituents is 1. The molecule has 0 saturated carbocycles. The van der Waals surface area contributed by atoms with Gasteiger partial charge in [-0.2, -0.15) is 5.10 Å². The lowest BCUT2D eigenvalue weighted by atomic mass is 10.3.